The van der Waals surface area contributed by atoms with E-state index in [-0.39, 0.29) is 10.0 Å². The number of pyridine rings is 2. The Labute approximate surface area is 145 Å². The molecule has 1 N–H and O–H groups in total. The Morgan fingerprint density at radius 3 is 2.40 bits per heavy atom. The molecule has 0 aliphatic rings. The van der Waals surface area contributed by atoms with Crippen LogP contribution in [-0.4, -0.2) is 18.4 Å². The Kier molecular flexibility index (Phi) is 4.48. The molecule has 0 radical (unpaired) electrons. The molecule has 3 rings (SSSR count). The molecule has 0 amide bonds. The Hall–Kier alpha value is -2.46. The van der Waals surface area contributed by atoms with Crippen molar-refractivity contribution in [3.8, 4) is 10.6 Å². The summed E-state index contributed by atoms with van der Waals surface area (Å²) in [6.45, 7) is 0. The summed E-state index contributed by atoms with van der Waals surface area (Å²) in [6.07, 6.45) is -2.37. The monoisotopic (exact) mass is 385 g/mol. The molecule has 0 unspecified atom stereocenters. The van der Waals surface area contributed by atoms with Crippen molar-refractivity contribution in [3.63, 3.8) is 0 Å². The van der Waals surface area contributed by atoms with Crippen LogP contribution in [-0.2, 0) is 16.2 Å². The fourth-order valence-electron chi connectivity index (χ4n) is 1.92. The Balaban J connectivity index is 1.82. The predicted molar refractivity (Wildman–Crippen MR) is 87.6 cm³/mol. The zero-order chi connectivity index (χ0) is 18.1. The molecule has 3 aromatic heterocycles. The lowest BCUT2D eigenvalue weighted by molar-refractivity contribution is -0.137. The second kappa shape index (κ2) is 6.45. The SMILES string of the molecule is O=S(=O)(Nc1ccc(C(F)(F)F)cn1)c1ccc(-c2ccccn2)s1. The number of halogens is 3. The lowest BCUT2D eigenvalue weighted by Crippen LogP contribution is -2.13. The van der Waals surface area contributed by atoms with E-state index in [4.69, 9.17) is 0 Å². The standard InChI is InChI=1S/C15H10F3N3O2S2/c16-15(17,18)10-4-6-13(20-9-10)21-25(22,23)14-7-5-12(24-14)11-3-1-2-8-19-11/h1-9H,(H,20,21). The maximum Gasteiger partial charge on any atom is 0.417 e. The van der Waals surface area contributed by atoms with E-state index in [0.717, 1.165) is 23.5 Å². The van der Waals surface area contributed by atoms with Crippen molar-refractivity contribution < 1.29 is 21.6 Å². The lowest BCUT2D eigenvalue weighted by Gasteiger charge is -2.08. The van der Waals surface area contributed by atoms with Gasteiger partial charge in [0.2, 0.25) is 0 Å². The maximum absolute atomic E-state index is 12.5. The molecular weight excluding hydrogens is 375 g/mol. The highest BCUT2D eigenvalue weighted by Crippen LogP contribution is 2.31. The summed E-state index contributed by atoms with van der Waals surface area (Å²) in [5.74, 6) is -0.194. The van der Waals surface area contributed by atoms with Crippen LogP contribution in [0.25, 0.3) is 10.6 Å². The topological polar surface area (TPSA) is 72.0 Å². The van der Waals surface area contributed by atoms with Gasteiger partial charge in [-0.05, 0) is 36.4 Å². The van der Waals surface area contributed by atoms with Gasteiger partial charge in [0.1, 0.15) is 10.0 Å². The zero-order valence-electron chi connectivity index (χ0n) is 12.4. The van der Waals surface area contributed by atoms with E-state index in [1.165, 1.54) is 6.07 Å². The molecule has 0 saturated carbocycles. The number of hydrogen-bond donors (Lipinski definition) is 1. The lowest BCUT2D eigenvalue weighted by atomic mass is 10.3. The van der Waals surface area contributed by atoms with E-state index < -0.39 is 21.8 Å². The maximum atomic E-state index is 12.5. The van der Waals surface area contributed by atoms with E-state index in [1.807, 2.05) is 0 Å². The molecule has 0 aliphatic carbocycles. The highest BCUT2D eigenvalue weighted by atomic mass is 32.2. The highest BCUT2D eigenvalue weighted by molar-refractivity contribution is 7.94. The first-order chi connectivity index (χ1) is 11.8. The van der Waals surface area contributed by atoms with Crippen molar-refractivity contribution in [1.29, 1.82) is 0 Å². The normalized spacial score (nSPS) is 12.1. The van der Waals surface area contributed by atoms with Crippen molar-refractivity contribution in [2.24, 2.45) is 0 Å². The molecular formula is C15H10F3N3O2S2. The zero-order valence-corrected chi connectivity index (χ0v) is 14.0. The van der Waals surface area contributed by atoms with Gasteiger partial charge in [-0.3, -0.25) is 9.71 Å². The molecule has 5 nitrogen and oxygen atoms in total. The molecule has 3 aromatic rings. The molecule has 130 valence electrons. The number of hydrogen-bond acceptors (Lipinski definition) is 5. The second-order valence-corrected chi connectivity index (χ2v) is 7.86. The van der Waals surface area contributed by atoms with Gasteiger partial charge in [0.05, 0.1) is 16.1 Å². The smallest absolute Gasteiger partial charge is 0.263 e. The first-order valence-corrected chi connectivity index (χ1v) is 9.13. The number of thiophene rings is 1. The van der Waals surface area contributed by atoms with Crippen LogP contribution in [0, 0.1) is 0 Å². The third kappa shape index (κ3) is 3.97. The quantitative estimate of drug-likeness (QED) is 0.736. The summed E-state index contributed by atoms with van der Waals surface area (Å²) < 4.78 is 64.4. The van der Waals surface area contributed by atoms with Crippen LogP contribution in [0.15, 0.2) is 59.1 Å². The van der Waals surface area contributed by atoms with Gasteiger partial charge < -0.3 is 0 Å². The van der Waals surface area contributed by atoms with Crippen LogP contribution in [0.4, 0.5) is 19.0 Å². The summed E-state index contributed by atoms with van der Waals surface area (Å²) in [5, 5.41) is 0. The summed E-state index contributed by atoms with van der Waals surface area (Å²) in [5.41, 5.74) is -0.328. The minimum atomic E-state index is -4.53. The number of anilines is 1. The van der Waals surface area contributed by atoms with Gasteiger partial charge in [-0.2, -0.15) is 13.2 Å². The van der Waals surface area contributed by atoms with Crippen LogP contribution in [0.5, 0.6) is 0 Å². The molecule has 10 heteroatoms. The number of sulfonamides is 1. The summed E-state index contributed by atoms with van der Waals surface area (Å²) >= 11 is 0.999. The Bertz CT molecular complexity index is 969. The molecule has 0 bridgehead atoms. The molecule has 0 saturated heterocycles. The van der Waals surface area contributed by atoms with E-state index in [9.17, 15) is 21.6 Å². The Morgan fingerprint density at radius 1 is 1.00 bits per heavy atom. The van der Waals surface area contributed by atoms with Crippen LogP contribution < -0.4 is 4.72 Å². The highest BCUT2D eigenvalue weighted by Gasteiger charge is 2.30. The van der Waals surface area contributed by atoms with E-state index in [0.29, 0.717) is 16.8 Å². The number of aromatic nitrogens is 2. The minimum Gasteiger partial charge on any atom is -0.263 e. The molecule has 25 heavy (non-hydrogen) atoms. The van der Waals surface area contributed by atoms with Crippen LogP contribution >= 0.6 is 11.3 Å². The molecule has 0 fully saturated rings. The second-order valence-electron chi connectivity index (χ2n) is 4.87. The van der Waals surface area contributed by atoms with Crippen LogP contribution in [0.2, 0.25) is 0 Å². The average molecular weight is 385 g/mol. The molecule has 0 aliphatic heterocycles. The van der Waals surface area contributed by atoms with Crippen LogP contribution in [0.1, 0.15) is 5.56 Å². The van der Waals surface area contributed by atoms with E-state index in [2.05, 4.69) is 14.7 Å². The minimum absolute atomic E-state index is 0.00912. The van der Waals surface area contributed by atoms with Crippen molar-refractivity contribution >= 4 is 27.2 Å². The van der Waals surface area contributed by atoms with Crippen molar-refractivity contribution in [2.45, 2.75) is 10.4 Å². The van der Waals surface area contributed by atoms with Gasteiger partial charge in [-0.1, -0.05) is 6.07 Å². The van der Waals surface area contributed by atoms with Crippen molar-refractivity contribution in [1.82, 2.24) is 9.97 Å². The van der Waals surface area contributed by atoms with Crippen LogP contribution in [0.3, 0.4) is 0 Å². The Morgan fingerprint density at radius 2 is 1.80 bits per heavy atom. The fourth-order valence-corrected chi connectivity index (χ4v) is 4.21. The van der Waals surface area contributed by atoms with Gasteiger partial charge in [-0.25, -0.2) is 13.4 Å². The third-order valence-corrected chi connectivity index (χ3v) is 6.05. The number of nitrogens with zero attached hydrogens (tertiary/aromatic N) is 2. The summed E-state index contributed by atoms with van der Waals surface area (Å²) in [4.78, 5) is 8.29. The van der Waals surface area contributed by atoms with Crippen molar-refractivity contribution in [2.75, 3.05) is 4.72 Å². The van der Waals surface area contributed by atoms with Gasteiger partial charge in [-0.15, -0.1) is 11.3 Å². The van der Waals surface area contributed by atoms with E-state index in [1.54, 1.807) is 30.5 Å². The molecule has 3 heterocycles. The van der Waals surface area contributed by atoms with Gasteiger partial charge in [0.25, 0.3) is 10.0 Å². The molecule has 0 aromatic carbocycles. The summed E-state index contributed by atoms with van der Waals surface area (Å²) in [7, 11) is -3.95. The summed E-state index contributed by atoms with van der Waals surface area (Å²) in [6, 6.07) is 10.0. The number of rotatable bonds is 4. The average Bonchev–Trinajstić information content (AvgIpc) is 3.06. The largest absolute Gasteiger partial charge is 0.417 e. The van der Waals surface area contributed by atoms with Gasteiger partial charge in [0.15, 0.2) is 0 Å². The van der Waals surface area contributed by atoms with E-state index >= 15 is 0 Å². The first-order valence-electron chi connectivity index (χ1n) is 6.83. The fraction of sp³-hybridized carbons (Fsp3) is 0.0667. The van der Waals surface area contributed by atoms with Crippen molar-refractivity contribution in [3.05, 3.63) is 60.4 Å². The number of alkyl halides is 3. The van der Waals surface area contributed by atoms with Gasteiger partial charge >= 0.3 is 6.18 Å². The third-order valence-electron chi connectivity index (χ3n) is 3.09. The molecule has 0 atom stereocenters. The molecule has 0 spiro atoms. The predicted octanol–water partition coefficient (Wildman–Crippen LogP) is 4.02. The van der Waals surface area contributed by atoms with Gasteiger partial charge in [0, 0.05) is 12.4 Å². The number of nitrogens with one attached hydrogen (secondary N) is 1. The first kappa shape index (κ1) is 17.4.